The summed E-state index contributed by atoms with van der Waals surface area (Å²) in [7, 11) is 0. The highest BCUT2D eigenvalue weighted by Crippen LogP contribution is 2.26. The lowest BCUT2D eigenvalue weighted by Gasteiger charge is -2.10. The monoisotopic (exact) mass is 237 g/mol. The van der Waals surface area contributed by atoms with Gasteiger partial charge in [0, 0.05) is 11.6 Å². The summed E-state index contributed by atoms with van der Waals surface area (Å²) in [6, 6.07) is 8.06. The smallest absolute Gasteiger partial charge is 0.0450 e. The summed E-state index contributed by atoms with van der Waals surface area (Å²) in [5.41, 5.74) is 1.20. The summed E-state index contributed by atoms with van der Waals surface area (Å²) in [4.78, 5) is 0. The Balaban J connectivity index is 1.66. The van der Waals surface area contributed by atoms with Crippen LogP contribution in [-0.2, 0) is 6.54 Å². The molecule has 0 bridgehead atoms. The second kappa shape index (κ2) is 6.27. The van der Waals surface area contributed by atoms with Gasteiger partial charge in [0.2, 0.25) is 0 Å². The Kier molecular flexibility index (Phi) is 4.68. The van der Waals surface area contributed by atoms with Crippen molar-refractivity contribution in [2.45, 2.75) is 38.6 Å². The van der Waals surface area contributed by atoms with Crippen molar-refractivity contribution in [1.82, 2.24) is 5.32 Å². The number of hydrogen-bond acceptors (Lipinski definition) is 1. The Morgan fingerprint density at radius 1 is 1.19 bits per heavy atom. The number of benzene rings is 1. The van der Waals surface area contributed by atoms with Crippen LogP contribution >= 0.6 is 11.6 Å². The van der Waals surface area contributed by atoms with Crippen LogP contribution in [0, 0.1) is 5.92 Å². The summed E-state index contributed by atoms with van der Waals surface area (Å²) >= 11 is 6.09. The molecule has 0 aromatic heterocycles. The molecule has 2 heteroatoms. The highest BCUT2D eigenvalue weighted by atomic mass is 35.5. The van der Waals surface area contributed by atoms with Crippen LogP contribution in [-0.4, -0.2) is 6.54 Å². The molecular weight excluding hydrogens is 218 g/mol. The Morgan fingerprint density at radius 3 is 2.69 bits per heavy atom. The summed E-state index contributed by atoms with van der Waals surface area (Å²) in [6.45, 7) is 2.02. The van der Waals surface area contributed by atoms with Gasteiger partial charge in [-0.25, -0.2) is 0 Å². The van der Waals surface area contributed by atoms with E-state index in [2.05, 4.69) is 11.4 Å². The predicted octanol–water partition coefficient (Wildman–Crippen LogP) is 4.01. The molecule has 88 valence electrons. The fourth-order valence-corrected chi connectivity index (χ4v) is 2.67. The minimum Gasteiger partial charge on any atom is -0.313 e. The molecule has 1 aliphatic carbocycles. The van der Waals surface area contributed by atoms with Crippen molar-refractivity contribution >= 4 is 11.6 Å². The van der Waals surface area contributed by atoms with Gasteiger partial charge in [0.1, 0.15) is 0 Å². The molecule has 1 N–H and O–H groups in total. The van der Waals surface area contributed by atoms with Crippen molar-refractivity contribution in [1.29, 1.82) is 0 Å². The summed E-state index contributed by atoms with van der Waals surface area (Å²) < 4.78 is 0. The van der Waals surface area contributed by atoms with Crippen molar-refractivity contribution in [2.75, 3.05) is 6.54 Å². The maximum absolute atomic E-state index is 6.09. The fraction of sp³-hybridized carbons (Fsp3) is 0.571. The van der Waals surface area contributed by atoms with Crippen LogP contribution in [0.2, 0.25) is 5.02 Å². The molecular formula is C14H20ClN. The molecule has 0 aliphatic heterocycles. The van der Waals surface area contributed by atoms with Crippen LogP contribution in [0.1, 0.15) is 37.7 Å². The summed E-state index contributed by atoms with van der Waals surface area (Å²) in [6.07, 6.45) is 7.08. The number of hydrogen-bond donors (Lipinski definition) is 1. The van der Waals surface area contributed by atoms with Gasteiger partial charge in [0.15, 0.2) is 0 Å². The minimum atomic E-state index is 0.871. The molecule has 0 amide bonds. The molecule has 1 aromatic carbocycles. The normalized spacial score (nSPS) is 16.8. The molecule has 1 aromatic rings. The largest absolute Gasteiger partial charge is 0.313 e. The lowest BCUT2D eigenvalue weighted by molar-refractivity contribution is 0.477. The highest BCUT2D eigenvalue weighted by molar-refractivity contribution is 6.31. The van der Waals surface area contributed by atoms with E-state index in [1.807, 2.05) is 18.2 Å². The quantitative estimate of drug-likeness (QED) is 0.763. The molecule has 0 saturated heterocycles. The van der Waals surface area contributed by atoms with E-state index in [0.717, 1.165) is 24.0 Å². The zero-order valence-electron chi connectivity index (χ0n) is 9.71. The first-order chi connectivity index (χ1) is 7.86. The van der Waals surface area contributed by atoms with Crippen molar-refractivity contribution in [3.05, 3.63) is 34.9 Å². The molecule has 1 nitrogen and oxygen atoms in total. The number of nitrogens with one attached hydrogen (secondary N) is 1. The first-order valence-corrected chi connectivity index (χ1v) is 6.68. The van der Waals surface area contributed by atoms with E-state index in [-0.39, 0.29) is 0 Å². The fourth-order valence-electron chi connectivity index (χ4n) is 2.47. The lowest BCUT2D eigenvalue weighted by atomic mass is 10.0. The topological polar surface area (TPSA) is 12.0 Å². The third kappa shape index (κ3) is 3.50. The Bertz CT molecular complexity index is 318. The molecule has 1 saturated carbocycles. The van der Waals surface area contributed by atoms with Crippen LogP contribution in [0.3, 0.4) is 0 Å². The standard InChI is InChI=1S/C14H20ClN/c15-14-8-4-3-7-13(14)11-16-10-9-12-5-1-2-6-12/h3-4,7-8,12,16H,1-2,5-6,9-11H2. The van der Waals surface area contributed by atoms with Crippen molar-refractivity contribution in [3.63, 3.8) is 0 Å². The van der Waals surface area contributed by atoms with Gasteiger partial charge in [0.05, 0.1) is 0 Å². The Labute approximate surface area is 103 Å². The maximum Gasteiger partial charge on any atom is 0.0450 e. The summed E-state index contributed by atoms with van der Waals surface area (Å²) in [5, 5.41) is 4.36. The van der Waals surface area contributed by atoms with Crippen LogP contribution in [0.4, 0.5) is 0 Å². The Morgan fingerprint density at radius 2 is 1.94 bits per heavy atom. The molecule has 1 aliphatic rings. The van der Waals surface area contributed by atoms with Crippen molar-refractivity contribution < 1.29 is 0 Å². The molecule has 0 spiro atoms. The predicted molar refractivity (Wildman–Crippen MR) is 69.7 cm³/mol. The van der Waals surface area contributed by atoms with E-state index in [0.29, 0.717) is 0 Å². The van der Waals surface area contributed by atoms with Gasteiger partial charge in [-0.15, -0.1) is 0 Å². The second-order valence-corrected chi connectivity index (χ2v) is 5.11. The van der Waals surface area contributed by atoms with E-state index in [1.54, 1.807) is 0 Å². The van der Waals surface area contributed by atoms with E-state index in [1.165, 1.54) is 37.7 Å². The molecule has 0 atom stereocenters. The maximum atomic E-state index is 6.09. The summed E-state index contributed by atoms with van der Waals surface area (Å²) in [5.74, 6) is 0.971. The van der Waals surface area contributed by atoms with Gasteiger partial charge >= 0.3 is 0 Å². The Hall–Kier alpha value is -0.530. The van der Waals surface area contributed by atoms with Crippen LogP contribution in [0.15, 0.2) is 24.3 Å². The average Bonchev–Trinajstić information content (AvgIpc) is 2.79. The third-order valence-electron chi connectivity index (χ3n) is 3.48. The number of halogens is 1. The molecule has 0 unspecified atom stereocenters. The lowest BCUT2D eigenvalue weighted by Crippen LogP contribution is -2.17. The zero-order valence-corrected chi connectivity index (χ0v) is 10.5. The van der Waals surface area contributed by atoms with E-state index in [9.17, 15) is 0 Å². The van der Waals surface area contributed by atoms with Gasteiger partial charge in [-0.2, -0.15) is 0 Å². The SMILES string of the molecule is Clc1ccccc1CNCCC1CCCC1. The molecule has 1 fully saturated rings. The first kappa shape index (κ1) is 11.9. The highest BCUT2D eigenvalue weighted by Gasteiger charge is 2.13. The van der Waals surface area contributed by atoms with E-state index < -0.39 is 0 Å². The van der Waals surface area contributed by atoms with Gasteiger partial charge in [-0.05, 0) is 30.5 Å². The first-order valence-electron chi connectivity index (χ1n) is 6.30. The minimum absolute atomic E-state index is 0.871. The van der Waals surface area contributed by atoms with Crippen molar-refractivity contribution in [3.8, 4) is 0 Å². The van der Waals surface area contributed by atoms with Crippen LogP contribution in [0.5, 0.6) is 0 Å². The van der Waals surface area contributed by atoms with Crippen LogP contribution in [0.25, 0.3) is 0 Å². The van der Waals surface area contributed by atoms with E-state index >= 15 is 0 Å². The van der Waals surface area contributed by atoms with Gasteiger partial charge < -0.3 is 5.32 Å². The average molecular weight is 238 g/mol. The molecule has 2 rings (SSSR count). The second-order valence-electron chi connectivity index (χ2n) is 4.71. The van der Waals surface area contributed by atoms with Crippen LogP contribution < -0.4 is 5.32 Å². The molecule has 0 radical (unpaired) electrons. The van der Waals surface area contributed by atoms with Crippen molar-refractivity contribution in [2.24, 2.45) is 5.92 Å². The number of rotatable bonds is 5. The van der Waals surface area contributed by atoms with Gasteiger partial charge in [-0.1, -0.05) is 55.5 Å². The van der Waals surface area contributed by atoms with Gasteiger partial charge in [-0.3, -0.25) is 0 Å². The van der Waals surface area contributed by atoms with E-state index in [4.69, 9.17) is 11.6 Å². The molecule has 16 heavy (non-hydrogen) atoms. The zero-order chi connectivity index (χ0) is 11.2. The third-order valence-corrected chi connectivity index (χ3v) is 3.85. The van der Waals surface area contributed by atoms with Gasteiger partial charge in [0.25, 0.3) is 0 Å². The molecule has 0 heterocycles.